The highest BCUT2D eigenvalue weighted by molar-refractivity contribution is 5.97. The summed E-state index contributed by atoms with van der Waals surface area (Å²) in [4.78, 5) is 10.1. The Hall–Kier alpha value is -1.40. The van der Waals surface area contributed by atoms with Gasteiger partial charge in [0, 0.05) is 6.07 Å². The number of nitro benzene ring substituents is 1. The zero-order chi connectivity index (χ0) is 10.4. The van der Waals surface area contributed by atoms with Crippen LogP contribution in [-0.4, -0.2) is 28.6 Å². The minimum absolute atomic E-state index is 0.0403. The molecular weight excluding hydrogens is 202 g/mol. The number of nitro groups is 1. The van der Waals surface area contributed by atoms with Crippen LogP contribution in [0.15, 0.2) is 24.3 Å². The highest BCUT2D eigenvalue weighted by Gasteiger charge is 2.12. The first-order valence-electron chi connectivity index (χ1n) is 3.90. The van der Waals surface area contributed by atoms with Gasteiger partial charge in [-0.2, -0.15) is 0 Å². The molecule has 0 heterocycles. The average Bonchev–Trinajstić information content (AvgIpc) is 2.19. The number of benzene rings is 1. The van der Waals surface area contributed by atoms with Gasteiger partial charge in [0.1, 0.15) is 6.61 Å². The van der Waals surface area contributed by atoms with E-state index in [2.05, 4.69) is 14.9 Å². The molecule has 73 valence electrons. The Morgan fingerprint density at radius 1 is 1.36 bits per heavy atom. The van der Waals surface area contributed by atoms with Crippen molar-refractivity contribution in [3.8, 4) is 5.75 Å². The number of hydrogen-bond acceptors (Lipinski definition) is 4. The minimum atomic E-state index is -0.482. The lowest BCUT2D eigenvalue weighted by molar-refractivity contribution is -0.385. The van der Waals surface area contributed by atoms with Gasteiger partial charge in [0.05, 0.1) is 11.5 Å². The maximum Gasteiger partial charge on any atom is 0.310 e. The summed E-state index contributed by atoms with van der Waals surface area (Å²) in [6.07, 6.45) is 0. The summed E-state index contributed by atoms with van der Waals surface area (Å²) in [6, 6.07) is 6.21. The minimum Gasteiger partial charge on any atom is -0.484 e. The van der Waals surface area contributed by atoms with Gasteiger partial charge in [-0.25, -0.2) is 0 Å². The van der Waals surface area contributed by atoms with Gasteiger partial charge >= 0.3 is 5.69 Å². The summed E-state index contributed by atoms with van der Waals surface area (Å²) in [5.41, 5.74) is -0.0403. The Bertz CT molecular complexity index is 318. The third-order valence-electron chi connectivity index (χ3n) is 1.50. The molecule has 0 N–H and O–H groups in total. The second-order valence-corrected chi connectivity index (χ2v) is 2.71. The molecule has 1 aromatic carbocycles. The van der Waals surface area contributed by atoms with E-state index in [1.54, 1.807) is 18.2 Å². The predicted molar refractivity (Wildman–Crippen MR) is 50.3 cm³/mol. The van der Waals surface area contributed by atoms with Gasteiger partial charge in [0.15, 0.2) is 5.75 Å². The number of rotatable bonds is 5. The lowest BCUT2D eigenvalue weighted by Gasteiger charge is -2.05. The van der Waals surface area contributed by atoms with Crippen molar-refractivity contribution in [3.05, 3.63) is 34.4 Å². The van der Waals surface area contributed by atoms with Crippen molar-refractivity contribution in [2.75, 3.05) is 13.2 Å². The maximum atomic E-state index is 10.5. The number of nitrogens with zero attached hydrogens (tertiary/aromatic N) is 1. The van der Waals surface area contributed by atoms with E-state index in [1.165, 1.54) is 6.07 Å². The molecule has 0 bridgehead atoms. The van der Waals surface area contributed by atoms with E-state index < -0.39 is 4.92 Å². The summed E-state index contributed by atoms with van der Waals surface area (Å²) >= 11 is 0. The third kappa shape index (κ3) is 2.82. The van der Waals surface area contributed by atoms with Gasteiger partial charge in [-0.15, -0.1) is 0 Å². The van der Waals surface area contributed by atoms with Crippen LogP contribution in [-0.2, 0) is 4.43 Å². The monoisotopic (exact) mass is 210 g/mol. The lowest BCUT2D eigenvalue weighted by Crippen LogP contribution is -2.06. The predicted octanol–water partition coefficient (Wildman–Crippen LogP) is 1.07. The molecule has 0 aromatic heterocycles. The molecule has 0 fully saturated rings. The average molecular weight is 210 g/mol. The van der Waals surface area contributed by atoms with E-state index in [0.29, 0.717) is 6.61 Å². The molecule has 0 saturated carbocycles. The van der Waals surface area contributed by atoms with Crippen molar-refractivity contribution in [2.45, 2.75) is 0 Å². The van der Waals surface area contributed by atoms with E-state index in [9.17, 15) is 10.1 Å². The van der Waals surface area contributed by atoms with Crippen LogP contribution in [0.1, 0.15) is 0 Å². The topological polar surface area (TPSA) is 61.6 Å². The van der Waals surface area contributed by atoms with Crippen molar-refractivity contribution in [3.63, 3.8) is 0 Å². The number of hydrogen-bond donors (Lipinski definition) is 0. The van der Waals surface area contributed by atoms with Crippen molar-refractivity contribution >= 4 is 16.2 Å². The lowest BCUT2D eigenvalue weighted by atomic mass is 10.3. The molecule has 3 radical (unpaired) electrons. The summed E-state index contributed by atoms with van der Waals surface area (Å²) in [5, 5.41) is 10.5. The Labute approximate surface area is 84.3 Å². The summed E-state index contributed by atoms with van der Waals surface area (Å²) < 4.78 is 9.72. The maximum absolute atomic E-state index is 10.5. The van der Waals surface area contributed by atoms with Crippen molar-refractivity contribution in [2.24, 2.45) is 0 Å². The molecule has 0 atom stereocenters. The largest absolute Gasteiger partial charge is 0.484 e. The molecule has 0 aliphatic rings. The number of ether oxygens (including phenoxy) is 1. The molecule has 6 heteroatoms. The van der Waals surface area contributed by atoms with Crippen LogP contribution in [0.2, 0.25) is 0 Å². The van der Waals surface area contributed by atoms with Crippen LogP contribution in [0.3, 0.4) is 0 Å². The highest BCUT2D eigenvalue weighted by atomic mass is 28.2. The van der Waals surface area contributed by atoms with E-state index >= 15 is 0 Å². The SMILES string of the molecule is O=[N+]([O-])c1ccccc1OCCO[Si]. The zero-order valence-corrected chi connectivity index (χ0v) is 8.30. The first-order chi connectivity index (χ1) is 6.75. The number of para-hydroxylation sites is 2. The molecule has 0 saturated heterocycles. The van der Waals surface area contributed by atoms with Gasteiger partial charge in [-0.05, 0) is 6.07 Å². The quantitative estimate of drug-likeness (QED) is 0.316. The normalized spacial score (nSPS) is 9.79. The fourth-order valence-corrected chi connectivity index (χ4v) is 1.01. The summed E-state index contributed by atoms with van der Waals surface area (Å²) in [7, 11) is 2.80. The molecule has 1 aromatic rings. The molecule has 1 rings (SSSR count). The van der Waals surface area contributed by atoms with E-state index in [-0.39, 0.29) is 18.0 Å². The van der Waals surface area contributed by atoms with E-state index in [0.717, 1.165) is 0 Å². The van der Waals surface area contributed by atoms with Gasteiger partial charge < -0.3 is 9.16 Å². The van der Waals surface area contributed by atoms with Crippen LogP contribution in [0.4, 0.5) is 5.69 Å². The first kappa shape index (κ1) is 10.7. The van der Waals surface area contributed by atoms with Crippen LogP contribution in [0, 0.1) is 10.1 Å². The Balaban J connectivity index is 2.69. The zero-order valence-electron chi connectivity index (χ0n) is 7.30. The Morgan fingerprint density at radius 2 is 2.07 bits per heavy atom. The molecule has 0 amide bonds. The molecule has 0 unspecified atom stereocenters. The smallest absolute Gasteiger partial charge is 0.310 e. The summed E-state index contributed by atoms with van der Waals surface area (Å²) in [5.74, 6) is 0.251. The van der Waals surface area contributed by atoms with Crippen LogP contribution >= 0.6 is 0 Å². The van der Waals surface area contributed by atoms with Crippen LogP contribution < -0.4 is 4.74 Å². The molecule has 0 aliphatic heterocycles. The Kier molecular flexibility index (Phi) is 4.08. The van der Waals surface area contributed by atoms with Gasteiger partial charge in [-0.3, -0.25) is 10.1 Å². The fraction of sp³-hybridized carbons (Fsp3) is 0.250. The third-order valence-corrected chi connectivity index (χ3v) is 1.71. The highest BCUT2D eigenvalue weighted by Crippen LogP contribution is 2.25. The Morgan fingerprint density at radius 3 is 2.71 bits per heavy atom. The van der Waals surface area contributed by atoms with Crippen LogP contribution in [0.25, 0.3) is 0 Å². The van der Waals surface area contributed by atoms with Gasteiger partial charge in [0.25, 0.3) is 0 Å². The van der Waals surface area contributed by atoms with Crippen molar-refractivity contribution < 1.29 is 14.1 Å². The molecule has 0 aliphatic carbocycles. The van der Waals surface area contributed by atoms with E-state index in [1.807, 2.05) is 0 Å². The van der Waals surface area contributed by atoms with Crippen molar-refractivity contribution in [1.29, 1.82) is 0 Å². The first-order valence-corrected chi connectivity index (χ1v) is 4.31. The van der Waals surface area contributed by atoms with Gasteiger partial charge in [-0.1, -0.05) is 12.1 Å². The molecule has 0 spiro atoms. The molecule has 5 nitrogen and oxygen atoms in total. The second-order valence-electron chi connectivity index (χ2n) is 2.42. The van der Waals surface area contributed by atoms with E-state index in [4.69, 9.17) is 4.74 Å². The standard InChI is InChI=1S/C8H8NO4Si/c10-9(11)7-3-1-2-4-8(7)12-5-6-13-14/h1-4H,5-6H2. The second kappa shape index (κ2) is 5.35. The molecular formula is C8H8NO4Si. The van der Waals surface area contributed by atoms with Crippen molar-refractivity contribution in [1.82, 2.24) is 0 Å². The summed E-state index contributed by atoms with van der Waals surface area (Å²) in [6.45, 7) is 0.581. The van der Waals surface area contributed by atoms with Crippen LogP contribution in [0.5, 0.6) is 5.75 Å². The fourth-order valence-electron chi connectivity index (χ4n) is 0.923. The molecule has 14 heavy (non-hydrogen) atoms. The van der Waals surface area contributed by atoms with Gasteiger partial charge in [0.2, 0.25) is 10.5 Å².